The van der Waals surface area contributed by atoms with Gasteiger partial charge in [0.05, 0.1) is 5.75 Å². The monoisotopic (exact) mass is 420 g/mol. The third-order valence-corrected chi connectivity index (χ3v) is 6.53. The third-order valence-electron chi connectivity index (χ3n) is 5.61. The molecule has 6 heteroatoms. The number of aromatic nitrogens is 3. The van der Waals surface area contributed by atoms with Crippen molar-refractivity contribution >= 4 is 17.7 Å². The van der Waals surface area contributed by atoms with Crippen molar-refractivity contribution < 1.29 is 4.79 Å². The van der Waals surface area contributed by atoms with E-state index in [0.717, 1.165) is 36.1 Å². The summed E-state index contributed by atoms with van der Waals surface area (Å²) in [5.41, 5.74) is 3.40. The first-order chi connectivity index (χ1) is 14.6. The predicted octanol–water partition coefficient (Wildman–Crippen LogP) is 4.66. The molecule has 1 aliphatic rings. The topological polar surface area (TPSA) is 51.0 Å². The molecule has 1 aliphatic heterocycles. The molecular weight excluding hydrogens is 392 g/mol. The summed E-state index contributed by atoms with van der Waals surface area (Å²) in [6.07, 6.45) is 4.10. The number of benzene rings is 2. The molecule has 5 nitrogen and oxygen atoms in total. The van der Waals surface area contributed by atoms with Crippen molar-refractivity contribution in [3.63, 3.8) is 0 Å². The number of hydrogen-bond donors (Lipinski definition) is 0. The standard InChI is InChI=1S/C24H28N4OS/c1-18-9-8-13-21(15-18)28-22(16-20-11-4-3-5-12-20)25-26-24(28)30-17-23(29)27-14-7-6-10-19(27)2/h3-5,8-9,11-13,15,19H,6-7,10,14,16-17H2,1-2H3/t19-/m1/s1. The highest BCUT2D eigenvalue weighted by Gasteiger charge is 2.24. The van der Waals surface area contributed by atoms with E-state index in [1.54, 1.807) is 0 Å². The SMILES string of the molecule is Cc1cccc(-n2c(Cc3ccccc3)nnc2SCC(=O)N2CCCC[C@H]2C)c1. The number of rotatable bonds is 6. The molecule has 4 rings (SSSR count). The van der Waals surface area contributed by atoms with E-state index >= 15 is 0 Å². The van der Waals surface area contributed by atoms with E-state index in [1.807, 2.05) is 29.2 Å². The summed E-state index contributed by atoms with van der Waals surface area (Å²) in [7, 11) is 0. The van der Waals surface area contributed by atoms with Crippen molar-refractivity contribution in [3.05, 3.63) is 71.5 Å². The zero-order valence-electron chi connectivity index (χ0n) is 17.6. The molecule has 1 saturated heterocycles. The molecule has 2 aromatic carbocycles. The van der Waals surface area contributed by atoms with E-state index in [9.17, 15) is 4.79 Å². The van der Waals surface area contributed by atoms with Gasteiger partial charge in [0.2, 0.25) is 5.91 Å². The third kappa shape index (κ3) is 4.75. The first kappa shape index (κ1) is 20.7. The second-order valence-electron chi connectivity index (χ2n) is 7.96. The van der Waals surface area contributed by atoms with Gasteiger partial charge in [-0.3, -0.25) is 9.36 Å². The fourth-order valence-corrected chi connectivity index (χ4v) is 4.85. The van der Waals surface area contributed by atoms with E-state index in [-0.39, 0.29) is 5.91 Å². The zero-order chi connectivity index (χ0) is 20.9. The Balaban J connectivity index is 1.58. The van der Waals surface area contributed by atoms with Crippen LogP contribution in [0.3, 0.4) is 0 Å². The number of likely N-dealkylation sites (tertiary alicyclic amines) is 1. The molecule has 0 aliphatic carbocycles. The minimum Gasteiger partial charge on any atom is -0.339 e. The Hall–Kier alpha value is -2.60. The van der Waals surface area contributed by atoms with Crippen LogP contribution in [0.25, 0.3) is 5.69 Å². The van der Waals surface area contributed by atoms with Crippen LogP contribution in [0.15, 0.2) is 59.8 Å². The van der Waals surface area contributed by atoms with E-state index in [4.69, 9.17) is 0 Å². The molecule has 0 bridgehead atoms. The van der Waals surface area contributed by atoms with Gasteiger partial charge < -0.3 is 4.90 Å². The maximum Gasteiger partial charge on any atom is 0.233 e. The summed E-state index contributed by atoms with van der Waals surface area (Å²) >= 11 is 1.48. The van der Waals surface area contributed by atoms with Crippen molar-refractivity contribution in [1.82, 2.24) is 19.7 Å². The van der Waals surface area contributed by atoms with Gasteiger partial charge in [0, 0.05) is 24.7 Å². The summed E-state index contributed by atoms with van der Waals surface area (Å²) < 4.78 is 2.09. The van der Waals surface area contributed by atoms with Gasteiger partial charge in [-0.1, -0.05) is 54.2 Å². The van der Waals surface area contributed by atoms with Gasteiger partial charge in [0.1, 0.15) is 5.82 Å². The Morgan fingerprint density at radius 3 is 2.70 bits per heavy atom. The van der Waals surface area contributed by atoms with Crippen LogP contribution in [-0.4, -0.2) is 43.9 Å². The Labute approximate surface area is 182 Å². The van der Waals surface area contributed by atoms with Crippen molar-refractivity contribution in [2.45, 2.75) is 50.7 Å². The average Bonchev–Trinajstić information content (AvgIpc) is 3.15. The summed E-state index contributed by atoms with van der Waals surface area (Å²) in [6.45, 7) is 5.10. The van der Waals surface area contributed by atoms with Gasteiger partial charge in [0.15, 0.2) is 5.16 Å². The zero-order valence-corrected chi connectivity index (χ0v) is 18.4. The summed E-state index contributed by atoms with van der Waals surface area (Å²) in [4.78, 5) is 14.9. The van der Waals surface area contributed by atoms with Crippen LogP contribution >= 0.6 is 11.8 Å². The first-order valence-electron chi connectivity index (χ1n) is 10.6. The highest BCUT2D eigenvalue weighted by molar-refractivity contribution is 7.99. The fourth-order valence-electron chi connectivity index (χ4n) is 3.99. The average molecular weight is 421 g/mol. The van der Waals surface area contributed by atoms with Crippen LogP contribution in [0.5, 0.6) is 0 Å². The second kappa shape index (κ2) is 9.47. The van der Waals surface area contributed by atoms with Gasteiger partial charge in [-0.2, -0.15) is 0 Å². The van der Waals surface area contributed by atoms with Crippen molar-refractivity contribution in [2.24, 2.45) is 0 Å². The molecule has 2 heterocycles. The lowest BCUT2D eigenvalue weighted by atomic mass is 10.0. The van der Waals surface area contributed by atoms with Crippen LogP contribution in [0.2, 0.25) is 0 Å². The van der Waals surface area contributed by atoms with Gasteiger partial charge in [-0.05, 0) is 56.4 Å². The lowest BCUT2D eigenvalue weighted by Crippen LogP contribution is -2.42. The smallest absolute Gasteiger partial charge is 0.233 e. The lowest BCUT2D eigenvalue weighted by Gasteiger charge is -2.33. The Bertz CT molecular complexity index is 1000. The molecule has 30 heavy (non-hydrogen) atoms. The van der Waals surface area contributed by atoms with Crippen LogP contribution in [0.4, 0.5) is 0 Å². The second-order valence-corrected chi connectivity index (χ2v) is 8.90. The number of piperidine rings is 1. The summed E-state index contributed by atoms with van der Waals surface area (Å²) in [5, 5.41) is 9.72. The van der Waals surface area contributed by atoms with E-state index in [0.29, 0.717) is 18.2 Å². The first-order valence-corrected chi connectivity index (χ1v) is 11.6. The van der Waals surface area contributed by atoms with E-state index < -0.39 is 0 Å². The maximum atomic E-state index is 12.8. The number of carbonyl (C=O) groups excluding carboxylic acids is 1. The molecule has 1 fully saturated rings. The minimum atomic E-state index is 0.190. The molecule has 1 atom stereocenters. The van der Waals surface area contributed by atoms with Crippen LogP contribution < -0.4 is 0 Å². The number of hydrogen-bond acceptors (Lipinski definition) is 4. The molecule has 0 unspecified atom stereocenters. The van der Waals surface area contributed by atoms with Gasteiger partial charge in [-0.25, -0.2) is 0 Å². The van der Waals surface area contributed by atoms with Gasteiger partial charge in [0.25, 0.3) is 0 Å². The molecule has 0 saturated carbocycles. The molecule has 1 amide bonds. The number of thioether (sulfide) groups is 1. The molecule has 3 aromatic rings. The largest absolute Gasteiger partial charge is 0.339 e. The van der Waals surface area contributed by atoms with Gasteiger partial charge in [-0.15, -0.1) is 10.2 Å². The summed E-state index contributed by atoms with van der Waals surface area (Å²) in [5.74, 6) is 1.46. The quantitative estimate of drug-likeness (QED) is 0.544. The normalized spacial score (nSPS) is 16.6. The maximum absolute atomic E-state index is 12.8. The molecule has 0 radical (unpaired) electrons. The van der Waals surface area contributed by atoms with E-state index in [1.165, 1.54) is 29.3 Å². The number of nitrogens with zero attached hydrogens (tertiary/aromatic N) is 4. The van der Waals surface area contributed by atoms with Crippen molar-refractivity contribution in [1.29, 1.82) is 0 Å². The van der Waals surface area contributed by atoms with Gasteiger partial charge >= 0.3 is 0 Å². The molecule has 0 N–H and O–H groups in total. The van der Waals surface area contributed by atoms with Crippen LogP contribution in [0, 0.1) is 6.92 Å². The molecule has 156 valence electrons. The molecular formula is C24H28N4OS. The van der Waals surface area contributed by atoms with Crippen molar-refractivity contribution in [2.75, 3.05) is 12.3 Å². The fraction of sp³-hybridized carbons (Fsp3) is 0.375. The number of aryl methyl sites for hydroxylation is 1. The van der Waals surface area contributed by atoms with Crippen LogP contribution in [-0.2, 0) is 11.2 Å². The van der Waals surface area contributed by atoms with E-state index in [2.05, 4.69) is 58.9 Å². The Kier molecular flexibility index (Phi) is 6.53. The number of amides is 1. The minimum absolute atomic E-state index is 0.190. The molecule has 1 aromatic heterocycles. The lowest BCUT2D eigenvalue weighted by molar-refractivity contribution is -0.131. The summed E-state index contributed by atoms with van der Waals surface area (Å²) in [6, 6.07) is 19.0. The predicted molar refractivity (Wildman–Crippen MR) is 121 cm³/mol. The highest BCUT2D eigenvalue weighted by Crippen LogP contribution is 2.25. The Morgan fingerprint density at radius 1 is 1.10 bits per heavy atom. The molecule has 0 spiro atoms. The highest BCUT2D eigenvalue weighted by atomic mass is 32.2. The number of carbonyl (C=O) groups is 1. The van der Waals surface area contributed by atoms with Crippen LogP contribution in [0.1, 0.15) is 43.1 Å². The Morgan fingerprint density at radius 2 is 1.93 bits per heavy atom. The van der Waals surface area contributed by atoms with Crippen molar-refractivity contribution in [3.8, 4) is 5.69 Å².